The standard InChI is InChI=1S/C21H49NO5Si3/c1-10-24-30(25-11-2,26-12-3)20-16-18-22(28(7,8)9)19-17-21(23)27-29(13-4,14-5)15-6/h10-20H2,1-9H3. The first-order valence-corrected chi connectivity index (χ1v) is 19.9. The third-order valence-electron chi connectivity index (χ3n) is 5.80. The van der Waals surface area contributed by atoms with Crippen molar-refractivity contribution in [3.8, 4) is 0 Å². The summed E-state index contributed by atoms with van der Waals surface area (Å²) in [4.78, 5) is 12.6. The summed E-state index contributed by atoms with van der Waals surface area (Å²) in [5.74, 6) is -0.0165. The molecule has 0 unspecified atom stereocenters. The van der Waals surface area contributed by atoms with Crippen LogP contribution in [0.15, 0.2) is 0 Å². The maximum Gasteiger partial charge on any atom is 0.500 e. The summed E-state index contributed by atoms with van der Waals surface area (Å²) < 4.78 is 26.5. The van der Waals surface area contributed by atoms with E-state index in [2.05, 4.69) is 45.0 Å². The number of carbonyl (C=O) groups excluding carboxylic acids is 1. The van der Waals surface area contributed by atoms with Crippen molar-refractivity contribution in [1.82, 2.24) is 4.57 Å². The Bertz CT molecular complexity index is 445. The van der Waals surface area contributed by atoms with Gasteiger partial charge < -0.3 is 22.3 Å². The van der Waals surface area contributed by atoms with Crippen molar-refractivity contribution in [3.05, 3.63) is 0 Å². The molecule has 0 aliphatic rings. The van der Waals surface area contributed by atoms with Gasteiger partial charge in [-0.25, -0.2) is 0 Å². The van der Waals surface area contributed by atoms with Gasteiger partial charge in [0, 0.05) is 32.4 Å². The number of hydrogen-bond donors (Lipinski definition) is 0. The van der Waals surface area contributed by atoms with Crippen LogP contribution in [0, 0.1) is 0 Å². The van der Waals surface area contributed by atoms with Gasteiger partial charge in [0.15, 0.2) is 0 Å². The fourth-order valence-corrected chi connectivity index (χ4v) is 10.5. The summed E-state index contributed by atoms with van der Waals surface area (Å²) in [6, 6.07) is 3.82. The van der Waals surface area contributed by atoms with E-state index in [0.717, 1.165) is 43.7 Å². The van der Waals surface area contributed by atoms with Gasteiger partial charge in [-0.1, -0.05) is 40.4 Å². The second-order valence-electron chi connectivity index (χ2n) is 8.71. The minimum Gasteiger partial charge on any atom is -0.519 e. The lowest BCUT2D eigenvalue weighted by molar-refractivity contribution is -0.135. The predicted molar refractivity (Wildman–Crippen MR) is 133 cm³/mol. The van der Waals surface area contributed by atoms with Crippen molar-refractivity contribution in [3.63, 3.8) is 0 Å². The monoisotopic (exact) mass is 479 g/mol. The van der Waals surface area contributed by atoms with Gasteiger partial charge in [-0.2, -0.15) is 0 Å². The fraction of sp³-hybridized carbons (Fsp3) is 0.952. The molecule has 0 saturated heterocycles. The molecule has 0 heterocycles. The van der Waals surface area contributed by atoms with E-state index >= 15 is 0 Å². The van der Waals surface area contributed by atoms with Crippen molar-refractivity contribution in [1.29, 1.82) is 0 Å². The van der Waals surface area contributed by atoms with Crippen LogP contribution >= 0.6 is 0 Å². The highest BCUT2D eigenvalue weighted by atomic mass is 28.4. The summed E-state index contributed by atoms with van der Waals surface area (Å²) in [5.41, 5.74) is 0. The van der Waals surface area contributed by atoms with E-state index in [1.54, 1.807) is 0 Å². The van der Waals surface area contributed by atoms with Crippen molar-refractivity contribution in [2.45, 2.75) is 98.2 Å². The van der Waals surface area contributed by atoms with Crippen LogP contribution in [0.25, 0.3) is 0 Å². The topological polar surface area (TPSA) is 57.2 Å². The summed E-state index contributed by atoms with van der Waals surface area (Å²) in [6.45, 7) is 23.0. The van der Waals surface area contributed by atoms with Gasteiger partial charge in [-0.15, -0.1) is 0 Å². The Morgan fingerprint density at radius 1 is 0.767 bits per heavy atom. The van der Waals surface area contributed by atoms with Crippen molar-refractivity contribution < 1.29 is 22.5 Å². The smallest absolute Gasteiger partial charge is 0.500 e. The lowest BCUT2D eigenvalue weighted by atomic mass is 10.4. The first-order chi connectivity index (χ1) is 14.1. The van der Waals surface area contributed by atoms with Crippen LogP contribution in [-0.2, 0) is 22.5 Å². The normalized spacial score (nSPS) is 13.1. The van der Waals surface area contributed by atoms with Crippen LogP contribution in [0.1, 0.15) is 54.4 Å². The highest BCUT2D eigenvalue weighted by Gasteiger charge is 2.40. The minimum atomic E-state index is -2.61. The van der Waals surface area contributed by atoms with Gasteiger partial charge in [-0.3, -0.25) is 4.79 Å². The van der Waals surface area contributed by atoms with Crippen molar-refractivity contribution in [2.75, 3.05) is 32.9 Å². The first kappa shape index (κ1) is 30.0. The highest BCUT2D eigenvalue weighted by molar-refractivity contribution is 6.75. The summed E-state index contributed by atoms with van der Waals surface area (Å²) in [5, 5.41) is 0. The zero-order chi connectivity index (χ0) is 23.3. The molecule has 0 aromatic rings. The largest absolute Gasteiger partial charge is 0.519 e. The predicted octanol–water partition coefficient (Wildman–Crippen LogP) is 5.50. The molecule has 0 saturated carbocycles. The lowest BCUT2D eigenvalue weighted by Gasteiger charge is -2.35. The molecule has 0 bridgehead atoms. The summed E-state index contributed by atoms with van der Waals surface area (Å²) in [6.07, 6.45) is 1.42. The molecular formula is C21H49NO5Si3. The van der Waals surface area contributed by atoms with Gasteiger partial charge in [-0.05, 0) is 51.9 Å². The third kappa shape index (κ3) is 10.5. The highest BCUT2D eigenvalue weighted by Crippen LogP contribution is 2.23. The molecule has 0 N–H and O–H groups in total. The Balaban J connectivity index is 4.93. The van der Waals surface area contributed by atoms with Gasteiger partial charge in [0.1, 0.15) is 8.24 Å². The third-order valence-corrected chi connectivity index (χ3v) is 15.8. The van der Waals surface area contributed by atoms with E-state index < -0.39 is 25.4 Å². The number of hydrogen-bond acceptors (Lipinski definition) is 6. The Labute approximate surface area is 189 Å². The molecule has 30 heavy (non-hydrogen) atoms. The molecule has 0 fully saturated rings. The molecule has 9 heteroatoms. The molecule has 0 amide bonds. The van der Waals surface area contributed by atoms with Crippen LogP contribution in [0.3, 0.4) is 0 Å². The van der Waals surface area contributed by atoms with E-state index in [1.165, 1.54) is 0 Å². The van der Waals surface area contributed by atoms with Crippen molar-refractivity contribution in [2.24, 2.45) is 0 Å². The first-order valence-electron chi connectivity index (χ1n) is 12.0. The molecule has 0 rings (SSSR count). The number of nitrogens with zero attached hydrogens (tertiary/aromatic N) is 1. The molecule has 0 aromatic heterocycles. The Hall–Kier alpha value is -0.0394. The van der Waals surface area contributed by atoms with E-state index in [1.807, 2.05) is 20.8 Å². The Morgan fingerprint density at radius 2 is 1.23 bits per heavy atom. The van der Waals surface area contributed by atoms with Gasteiger partial charge in [0.05, 0.1) is 6.42 Å². The molecule has 0 spiro atoms. The van der Waals surface area contributed by atoms with Crippen LogP contribution in [-0.4, -0.2) is 68.8 Å². The van der Waals surface area contributed by atoms with Crippen molar-refractivity contribution >= 4 is 31.3 Å². The minimum absolute atomic E-state index is 0.0165. The van der Waals surface area contributed by atoms with E-state index in [4.69, 9.17) is 17.7 Å². The quantitative estimate of drug-likeness (QED) is 0.242. The zero-order valence-corrected chi connectivity index (χ0v) is 24.3. The summed E-state index contributed by atoms with van der Waals surface area (Å²) >= 11 is 0. The molecule has 0 atom stereocenters. The van der Waals surface area contributed by atoms with Gasteiger partial charge >= 0.3 is 8.80 Å². The average molecular weight is 480 g/mol. The second-order valence-corrected chi connectivity index (χ2v) is 21.1. The number of carbonyl (C=O) groups is 1. The van der Waals surface area contributed by atoms with Crippen LogP contribution < -0.4 is 0 Å². The molecular weight excluding hydrogens is 430 g/mol. The van der Waals surface area contributed by atoms with Crippen LogP contribution in [0.2, 0.25) is 43.8 Å². The molecule has 180 valence electrons. The maximum absolute atomic E-state index is 12.6. The van der Waals surface area contributed by atoms with E-state index in [-0.39, 0.29) is 5.97 Å². The SMILES string of the molecule is CCO[Si](CCCN(CCC(=O)O[Si](CC)(CC)CC)[Si](C)(C)C)(OCC)OCC. The van der Waals surface area contributed by atoms with E-state index in [0.29, 0.717) is 26.2 Å². The molecule has 0 aliphatic carbocycles. The average Bonchev–Trinajstić information content (AvgIpc) is 2.68. The van der Waals surface area contributed by atoms with E-state index in [9.17, 15) is 4.79 Å². The van der Waals surface area contributed by atoms with Gasteiger partial charge in [0.2, 0.25) is 0 Å². The second kappa shape index (κ2) is 14.9. The molecule has 6 nitrogen and oxygen atoms in total. The summed E-state index contributed by atoms with van der Waals surface area (Å²) in [7, 11) is -6.05. The molecule has 0 aromatic carbocycles. The zero-order valence-electron chi connectivity index (χ0n) is 21.3. The Morgan fingerprint density at radius 3 is 1.60 bits per heavy atom. The Kier molecular flexibility index (Phi) is 14.9. The lowest BCUT2D eigenvalue weighted by Crippen LogP contribution is -2.50. The molecule has 0 aliphatic heterocycles. The fourth-order valence-electron chi connectivity index (χ4n) is 3.76. The molecule has 0 radical (unpaired) electrons. The number of rotatable bonds is 18. The van der Waals surface area contributed by atoms with Crippen LogP contribution in [0.5, 0.6) is 0 Å². The maximum atomic E-state index is 12.6. The van der Waals surface area contributed by atoms with Gasteiger partial charge in [0.25, 0.3) is 14.3 Å². The van der Waals surface area contributed by atoms with Crippen LogP contribution in [0.4, 0.5) is 0 Å².